The minimum Gasteiger partial charge on any atom is -0.348 e. The number of H-pyrrole nitrogens is 1. The molecule has 0 saturated carbocycles. The lowest BCUT2D eigenvalue weighted by molar-refractivity contribution is 0.0707. The zero-order valence-electron chi connectivity index (χ0n) is 13.1. The molecular weight excluding hydrogens is 319 g/mol. The molecule has 7 heteroatoms. The molecule has 2 aromatic rings. The van der Waals surface area contributed by atoms with Crippen molar-refractivity contribution in [3.63, 3.8) is 0 Å². The van der Waals surface area contributed by atoms with E-state index in [9.17, 15) is 17.6 Å². The number of aryl methyl sites for hydroxylation is 1. The molecule has 23 heavy (non-hydrogen) atoms. The van der Waals surface area contributed by atoms with E-state index in [0.29, 0.717) is 29.6 Å². The molecule has 124 valence electrons. The molecule has 1 atom stereocenters. The summed E-state index contributed by atoms with van der Waals surface area (Å²) < 4.78 is 37.5. The lowest BCUT2D eigenvalue weighted by Gasteiger charge is -2.25. The first kappa shape index (κ1) is 16.0. The Balaban J connectivity index is 1.97. The van der Waals surface area contributed by atoms with E-state index >= 15 is 0 Å². The standard InChI is InChI=1S/C16H19FN2O3S/c1-10-4-5-13(17)15-12(10)8-14(18-15)16(20)19-6-3-7-23(21,22)9-11(19)2/h4-5,8,11,18H,3,6-7,9H2,1-2H3/t11-/m0/s1. The summed E-state index contributed by atoms with van der Waals surface area (Å²) in [5.41, 5.74) is 1.48. The first-order valence-electron chi connectivity index (χ1n) is 7.58. The first-order chi connectivity index (χ1) is 10.8. The Kier molecular flexibility index (Phi) is 3.91. The average molecular weight is 338 g/mol. The lowest BCUT2D eigenvalue weighted by Crippen LogP contribution is -2.41. The number of carbonyl (C=O) groups excluding carboxylic acids is 1. The van der Waals surface area contributed by atoms with Gasteiger partial charge in [0.15, 0.2) is 9.84 Å². The number of rotatable bonds is 1. The molecule has 1 amide bonds. The zero-order chi connectivity index (χ0) is 16.8. The van der Waals surface area contributed by atoms with Crippen LogP contribution in [0.3, 0.4) is 0 Å². The van der Waals surface area contributed by atoms with Gasteiger partial charge in [-0.3, -0.25) is 4.79 Å². The number of fused-ring (bicyclic) bond motifs is 1. The highest BCUT2D eigenvalue weighted by Gasteiger charge is 2.30. The van der Waals surface area contributed by atoms with Gasteiger partial charge in [0.05, 0.1) is 17.0 Å². The third-order valence-electron chi connectivity index (χ3n) is 4.33. The largest absolute Gasteiger partial charge is 0.348 e. The summed E-state index contributed by atoms with van der Waals surface area (Å²) in [5, 5.41) is 0.670. The van der Waals surface area contributed by atoms with Gasteiger partial charge in [-0.2, -0.15) is 0 Å². The van der Waals surface area contributed by atoms with E-state index in [1.54, 1.807) is 24.0 Å². The van der Waals surface area contributed by atoms with Crippen LogP contribution in [0.5, 0.6) is 0 Å². The number of nitrogens with one attached hydrogen (secondary N) is 1. The molecule has 1 aromatic heterocycles. The second-order valence-corrected chi connectivity index (χ2v) is 8.38. The van der Waals surface area contributed by atoms with Crippen LogP contribution >= 0.6 is 0 Å². The number of aromatic amines is 1. The molecule has 1 N–H and O–H groups in total. The SMILES string of the molecule is Cc1ccc(F)c2[nH]c(C(=O)N3CCCS(=O)(=O)C[C@@H]3C)cc12. The maximum absolute atomic E-state index is 13.9. The Morgan fingerprint density at radius 3 is 2.83 bits per heavy atom. The molecule has 2 heterocycles. The van der Waals surface area contributed by atoms with Crippen LogP contribution in [0.4, 0.5) is 4.39 Å². The van der Waals surface area contributed by atoms with Crippen molar-refractivity contribution in [2.75, 3.05) is 18.1 Å². The van der Waals surface area contributed by atoms with Crippen molar-refractivity contribution in [2.45, 2.75) is 26.3 Å². The molecule has 0 aliphatic carbocycles. The summed E-state index contributed by atoms with van der Waals surface area (Å²) in [6, 6.07) is 4.28. The van der Waals surface area contributed by atoms with E-state index < -0.39 is 21.7 Å². The molecule has 5 nitrogen and oxygen atoms in total. The summed E-state index contributed by atoms with van der Waals surface area (Å²) in [7, 11) is -3.12. The van der Waals surface area contributed by atoms with E-state index in [1.807, 2.05) is 6.92 Å². The van der Waals surface area contributed by atoms with Crippen LogP contribution in [0.25, 0.3) is 10.9 Å². The number of nitrogens with zero attached hydrogens (tertiary/aromatic N) is 1. The van der Waals surface area contributed by atoms with Crippen molar-refractivity contribution < 1.29 is 17.6 Å². The van der Waals surface area contributed by atoms with Gasteiger partial charge in [-0.1, -0.05) is 6.07 Å². The van der Waals surface area contributed by atoms with Crippen molar-refractivity contribution in [3.8, 4) is 0 Å². The Morgan fingerprint density at radius 1 is 1.39 bits per heavy atom. The molecule has 1 aliphatic rings. The number of sulfone groups is 1. The second kappa shape index (κ2) is 5.63. The highest BCUT2D eigenvalue weighted by molar-refractivity contribution is 7.91. The number of benzene rings is 1. The number of hydrogen-bond acceptors (Lipinski definition) is 3. The van der Waals surface area contributed by atoms with Crippen molar-refractivity contribution in [2.24, 2.45) is 0 Å². The molecule has 0 spiro atoms. The third-order valence-corrected chi connectivity index (χ3v) is 6.23. The smallest absolute Gasteiger partial charge is 0.270 e. The molecule has 0 radical (unpaired) electrons. The topological polar surface area (TPSA) is 70.2 Å². The van der Waals surface area contributed by atoms with Gasteiger partial charge in [0.1, 0.15) is 11.5 Å². The van der Waals surface area contributed by atoms with Crippen molar-refractivity contribution in [3.05, 3.63) is 35.3 Å². The third kappa shape index (κ3) is 2.97. The quantitative estimate of drug-likeness (QED) is 0.867. The van der Waals surface area contributed by atoms with Crippen LogP contribution < -0.4 is 0 Å². The number of aromatic nitrogens is 1. The highest BCUT2D eigenvalue weighted by Crippen LogP contribution is 2.24. The number of carbonyl (C=O) groups is 1. The van der Waals surface area contributed by atoms with Gasteiger partial charge in [-0.15, -0.1) is 0 Å². The maximum Gasteiger partial charge on any atom is 0.270 e. The van der Waals surface area contributed by atoms with Crippen molar-refractivity contribution >= 4 is 26.6 Å². The predicted octanol–water partition coefficient (Wildman–Crippen LogP) is 2.26. The van der Waals surface area contributed by atoms with Gasteiger partial charge in [0.25, 0.3) is 5.91 Å². The van der Waals surface area contributed by atoms with E-state index in [2.05, 4.69) is 4.98 Å². The van der Waals surface area contributed by atoms with Gasteiger partial charge in [-0.05, 0) is 38.0 Å². The van der Waals surface area contributed by atoms with E-state index in [4.69, 9.17) is 0 Å². The van der Waals surface area contributed by atoms with Crippen LogP contribution in [0.15, 0.2) is 18.2 Å². The Morgan fingerprint density at radius 2 is 2.13 bits per heavy atom. The van der Waals surface area contributed by atoms with Crippen molar-refractivity contribution in [1.29, 1.82) is 0 Å². The fourth-order valence-electron chi connectivity index (χ4n) is 3.11. The fraction of sp³-hybridized carbons (Fsp3) is 0.438. The van der Waals surface area contributed by atoms with Crippen molar-refractivity contribution in [1.82, 2.24) is 9.88 Å². The van der Waals surface area contributed by atoms with E-state index in [-0.39, 0.29) is 17.4 Å². The van der Waals surface area contributed by atoms with Crippen LogP contribution in [0.1, 0.15) is 29.4 Å². The van der Waals surface area contributed by atoms with Gasteiger partial charge < -0.3 is 9.88 Å². The molecule has 1 aliphatic heterocycles. The maximum atomic E-state index is 13.9. The summed E-state index contributed by atoms with van der Waals surface area (Å²) in [6.45, 7) is 3.97. The number of amides is 1. The lowest BCUT2D eigenvalue weighted by atomic mass is 10.1. The van der Waals surface area contributed by atoms with Gasteiger partial charge >= 0.3 is 0 Å². The van der Waals surface area contributed by atoms with Crippen LogP contribution in [0, 0.1) is 12.7 Å². The minimum absolute atomic E-state index is 0.0354. The second-order valence-electron chi connectivity index (χ2n) is 6.15. The Labute approximate surface area is 134 Å². The number of halogens is 1. The number of hydrogen-bond donors (Lipinski definition) is 1. The zero-order valence-corrected chi connectivity index (χ0v) is 13.9. The molecule has 1 aromatic carbocycles. The van der Waals surface area contributed by atoms with Crippen LogP contribution in [0.2, 0.25) is 0 Å². The van der Waals surface area contributed by atoms with Gasteiger partial charge in [0.2, 0.25) is 0 Å². The first-order valence-corrected chi connectivity index (χ1v) is 9.40. The summed E-state index contributed by atoms with van der Waals surface area (Å²) in [4.78, 5) is 17.1. The molecule has 3 rings (SSSR count). The van der Waals surface area contributed by atoms with Crippen LogP contribution in [-0.4, -0.2) is 48.3 Å². The molecule has 1 fully saturated rings. The average Bonchev–Trinajstić information content (AvgIpc) is 2.87. The monoisotopic (exact) mass is 338 g/mol. The Hall–Kier alpha value is -1.89. The Bertz CT molecular complexity index is 834. The normalized spacial score (nSPS) is 21.3. The van der Waals surface area contributed by atoms with Crippen LogP contribution in [-0.2, 0) is 9.84 Å². The molecular formula is C16H19FN2O3S. The van der Waals surface area contributed by atoms with Gasteiger partial charge in [0, 0.05) is 18.0 Å². The van der Waals surface area contributed by atoms with E-state index in [1.165, 1.54) is 6.07 Å². The van der Waals surface area contributed by atoms with Gasteiger partial charge in [-0.25, -0.2) is 12.8 Å². The summed E-state index contributed by atoms with van der Waals surface area (Å²) in [5.74, 6) is -0.630. The highest BCUT2D eigenvalue weighted by atomic mass is 32.2. The molecule has 1 saturated heterocycles. The fourth-order valence-corrected chi connectivity index (χ4v) is 4.76. The minimum atomic E-state index is -3.12. The summed E-state index contributed by atoms with van der Waals surface area (Å²) in [6.07, 6.45) is 0.423. The molecule has 0 unspecified atom stereocenters. The predicted molar refractivity (Wildman–Crippen MR) is 86.8 cm³/mol. The van der Waals surface area contributed by atoms with E-state index in [0.717, 1.165) is 5.56 Å². The summed E-state index contributed by atoms with van der Waals surface area (Å²) >= 11 is 0. The molecule has 0 bridgehead atoms.